The van der Waals surface area contributed by atoms with Gasteiger partial charge in [-0.25, -0.2) is 8.42 Å². The topological polar surface area (TPSA) is 49.4 Å². The van der Waals surface area contributed by atoms with Gasteiger partial charge < -0.3 is 5.32 Å². The fraction of sp³-hybridized carbons (Fsp3) is 0.600. The predicted octanol–water partition coefficient (Wildman–Crippen LogP) is 3.29. The molecule has 4 nitrogen and oxygen atoms in total. The summed E-state index contributed by atoms with van der Waals surface area (Å²) in [6, 6.07) is 3.69. The van der Waals surface area contributed by atoms with Crippen LogP contribution in [0.15, 0.2) is 21.5 Å². The quantitative estimate of drug-likeness (QED) is 0.742. The molecule has 1 rings (SSSR count). The molecule has 0 aliphatic heterocycles. The van der Waals surface area contributed by atoms with Crippen LogP contribution in [0.2, 0.25) is 0 Å². The second-order valence-corrected chi connectivity index (χ2v) is 8.28. The van der Waals surface area contributed by atoms with Gasteiger partial charge in [0.2, 0.25) is 10.0 Å². The van der Waals surface area contributed by atoms with Gasteiger partial charge in [-0.05, 0) is 66.9 Å². The SMILES string of the molecule is CCCNCc1cc(C)c(Br)c(S(=O)(=O)N(C)C(C)C)c1. The molecule has 0 heterocycles. The number of nitrogens with one attached hydrogen (secondary N) is 1. The highest BCUT2D eigenvalue weighted by Gasteiger charge is 2.26. The summed E-state index contributed by atoms with van der Waals surface area (Å²) in [6.07, 6.45) is 1.05. The maximum atomic E-state index is 12.7. The van der Waals surface area contributed by atoms with E-state index in [1.807, 2.05) is 26.8 Å². The summed E-state index contributed by atoms with van der Waals surface area (Å²) in [4.78, 5) is 0.340. The normalized spacial score (nSPS) is 12.4. The van der Waals surface area contributed by atoms with Crippen molar-refractivity contribution < 1.29 is 8.42 Å². The Hall–Kier alpha value is -0.430. The van der Waals surface area contributed by atoms with Crippen molar-refractivity contribution in [3.8, 4) is 0 Å². The van der Waals surface area contributed by atoms with E-state index < -0.39 is 10.0 Å². The summed E-state index contributed by atoms with van der Waals surface area (Å²) in [5.41, 5.74) is 1.92. The Labute approximate surface area is 137 Å². The molecule has 6 heteroatoms. The second kappa shape index (κ2) is 7.72. The zero-order valence-electron chi connectivity index (χ0n) is 13.4. The Balaban J connectivity index is 3.22. The Kier molecular flexibility index (Phi) is 6.84. The average molecular weight is 377 g/mol. The lowest BCUT2D eigenvalue weighted by atomic mass is 10.1. The molecule has 0 saturated carbocycles. The van der Waals surface area contributed by atoms with E-state index in [0.717, 1.165) is 24.1 Å². The van der Waals surface area contributed by atoms with Gasteiger partial charge in [0.25, 0.3) is 0 Å². The highest BCUT2D eigenvalue weighted by Crippen LogP contribution is 2.30. The van der Waals surface area contributed by atoms with Gasteiger partial charge in [0.1, 0.15) is 0 Å². The average Bonchev–Trinajstić information content (AvgIpc) is 2.41. The van der Waals surface area contributed by atoms with Crippen LogP contribution in [-0.2, 0) is 16.6 Å². The van der Waals surface area contributed by atoms with Gasteiger partial charge in [-0.1, -0.05) is 13.0 Å². The first-order valence-electron chi connectivity index (χ1n) is 7.19. The van der Waals surface area contributed by atoms with E-state index in [0.29, 0.717) is 15.9 Å². The predicted molar refractivity (Wildman–Crippen MR) is 91.0 cm³/mol. The van der Waals surface area contributed by atoms with Gasteiger partial charge >= 0.3 is 0 Å². The number of hydrogen-bond acceptors (Lipinski definition) is 3. The maximum absolute atomic E-state index is 12.7. The Morgan fingerprint density at radius 2 is 1.95 bits per heavy atom. The van der Waals surface area contributed by atoms with Crippen LogP contribution in [0.25, 0.3) is 0 Å². The molecule has 0 fully saturated rings. The van der Waals surface area contributed by atoms with Crippen LogP contribution in [0.4, 0.5) is 0 Å². The third-order valence-electron chi connectivity index (χ3n) is 3.42. The van der Waals surface area contributed by atoms with E-state index in [9.17, 15) is 8.42 Å². The molecule has 0 atom stereocenters. The van der Waals surface area contributed by atoms with Gasteiger partial charge in [0, 0.05) is 24.1 Å². The zero-order chi connectivity index (χ0) is 16.2. The molecule has 1 aromatic carbocycles. The lowest BCUT2D eigenvalue weighted by Gasteiger charge is -2.22. The molecule has 0 aliphatic carbocycles. The summed E-state index contributed by atoms with van der Waals surface area (Å²) >= 11 is 3.42. The molecule has 0 bridgehead atoms. The van der Waals surface area contributed by atoms with E-state index in [1.54, 1.807) is 13.1 Å². The molecule has 1 N–H and O–H groups in total. The van der Waals surface area contributed by atoms with Crippen molar-refractivity contribution in [2.24, 2.45) is 0 Å². The van der Waals surface area contributed by atoms with Crippen LogP contribution in [0.5, 0.6) is 0 Å². The Morgan fingerprint density at radius 3 is 2.48 bits per heavy atom. The van der Waals surface area contributed by atoms with Crippen LogP contribution >= 0.6 is 15.9 Å². The number of aryl methyl sites for hydroxylation is 1. The summed E-state index contributed by atoms with van der Waals surface area (Å²) in [5, 5.41) is 3.30. The van der Waals surface area contributed by atoms with Gasteiger partial charge in [-0.3, -0.25) is 0 Å². The van der Waals surface area contributed by atoms with Crippen molar-refractivity contribution in [3.05, 3.63) is 27.7 Å². The lowest BCUT2D eigenvalue weighted by Crippen LogP contribution is -2.33. The van der Waals surface area contributed by atoms with E-state index in [1.165, 1.54) is 4.31 Å². The monoisotopic (exact) mass is 376 g/mol. The number of rotatable bonds is 7. The molecule has 21 heavy (non-hydrogen) atoms. The smallest absolute Gasteiger partial charge is 0.244 e. The fourth-order valence-corrected chi connectivity index (χ4v) is 4.34. The van der Waals surface area contributed by atoms with Crippen LogP contribution in [0.3, 0.4) is 0 Å². The maximum Gasteiger partial charge on any atom is 0.244 e. The minimum absolute atomic E-state index is 0.0796. The third kappa shape index (κ3) is 4.52. The van der Waals surface area contributed by atoms with Crippen LogP contribution in [0, 0.1) is 6.92 Å². The second-order valence-electron chi connectivity index (χ2n) is 5.52. The molecular weight excluding hydrogens is 352 g/mol. The van der Waals surface area contributed by atoms with E-state index in [4.69, 9.17) is 0 Å². The van der Waals surface area contributed by atoms with Crippen molar-refractivity contribution in [2.75, 3.05) is 13.6 Å². The van der Waals surface area contributed by atoms with E-state index in [-0.39, 0.29) is 6.04 Å². The van der Waals surface area contributed by atoms with Gasteiger partial charge in [0.05, 0.1) is 4.90 Å². The molecule has 0 aromatic heterocycles. The summed E-state index contributed by atoms with van der Waals surface area (Å²) < 4.78 is 27.5. The van der Waals surface area contributed by atoms with Gasteiger partial charge in [0.15, 0.2) is 0 Å². The largest absolute Gasteiger partial charge is 0.313 e. The summed E-state index contributed by atoms with van der Waals surface area (Å²) in [7, 11) is -1.87. The van der Waals surface area contributed by atoms with Crippen molar-refractivity contribution in [3.63, 3.8) is 0 Å². The third-order valence-corrected chi connectivity index (χ3v) is 6.79. The van der Waals surface area contributed by atoms with Crippen LogP contribution in [0.1, 0.15) is 38.3 Å². The van der Waals surface area contributed by atoms with Gasteiger partial charge in [-0.2, -0.15) is 4.31 Å². The molecular formula is C15H25BrN2O2S. The molecule has 0 amide bonds. The first-order valence-corrected chi connectivity index (χ1v) is 9.42. The first kappa shape index (κ1) is 18.6. The Morgan fingerprint density at radius 1 is 1.33 bits per heavy atom. The summed E-state index contributed by atoms with van der Waals surface area (Å²) in [6.45, 7) is 9.35. The van der Waals surface area contributed by atoms with E-state index in [2.05, 4.69) is 28.2 Å². The number of benzene rings is 1. The van der Waals surface area contributed by atoms with Crippen molar-refractivity contribution in [1.29, 1.82) is 0 Å². The molecule has 0 radical (unpaired) electrons. The molecule has 0 spiro atoms. The zero-order valence-corrected chi connectivity index (χ0v) is 15.8. The van der Waals surface area contributed by atoms with Crippen LogP contribution < -0.4 is 5.32 Å². The van der Waals surface area contributed by atoms with Crippen molar-refractivity contribution in [2.45, 2.75) is 51.6 Å². The Bertz CT molecular complexity index is 586. The number of hydrogen-bond donors (Lipinski definition) is 1. The van der Waals surface area contributed by atoms with Crippen molar-refractivity contribution in [1.82, 2.24) is 9.62 Å². The molecule has 0 unspecified atom stereocenters. The molecule has 1 aromatic rings. The first-order chi connectivity index (χ1) is 9.71. The minimum Gasteiger partial charge on any atom is -0.313 e. The highest BCUT2D eigenvalue weighted by molar-refractivity contribution is 9.10. The molecule has 0 saturated heterocycles. The summed E-state index contributed by atoms with van der Waals surface area (Å²) in [5.74, 6) is 0. The number of sulfonamides is 1. The number of nitrogens with zero attached hydrogens (tertiary/aromatic N) is 1. The van der Waals surface area contributed by atoms with Crippen LogP contribution in [-0.4, -0.2) is 32.4 Å². The molecule has 0 aliphatic rings. The molecule has 120 valence electrons. The number of halogens is 1. The van der Waals surface area contributed by atoms with E-state index >= 15 is 0 Å². The standard InChI is InChI=1S/C15H25BrN2O2S/c1-6-7-17-10-13-8-12(4)15(16)14(9-13)21(19,20)18(5)11(2)3/h8-9,11,17H,6-7,10H2,1-5H3. The van der Waals surface area contributed by atoms with Gasteiger partial charge in [-0.15, -0.1) is 0 Å². The lowest BCUT2D eigenvalue weighted by molar-refractivity contribution is 0.410. The fourth-order valence-electron chi connectivity index (χ4n) is 1.94. The van der Waals surface area contributed by atoms with Crippen molar-refractivity contribution >= 4 is 26.0 Å². The minimum atomic E-state index is -3.49. The highest BCUT2D eigenvalue weighted by atomic mass is 79.9.